The van der Waals surface area contributed by atoms with Gasteiger partial charge in [-0.3, -0.25) is 19.3 Å². The van der Waals surface area contributed by atoms with Crippen LogP contribution in [0.4, 0.5) is 5.69 Å². The number of benzene rings is 3. The van der Waals surface area contributed by atoms with E-state index in [1.807, 2.05) is 67.6 Å². The number of hydrogen-bond donors (Lipinski definition) is 1. The summed E-state index contributed by atoms with van der Waals surface area (Å²) in [7, 11) is 0. The maximum atomic E-state index is 14.1. The molecule has 3 amide bonds. The van der Waals surface area contributed by atoms with Crippen molar-refractivity contribution in [1.29, 1.82) is 0 Å². The number of likely N-dealkylation sites (tertiary alicyclic amines) is 1. The monoisotopic (exact) mass is 614 g/mol. The average molecular weight is 616 g/mol. The molecule has 8 heteroatoms. The number of esters is 1. The van der Waals surface area contributed by atoms with Gasteiger partial charge >= 0.3 is 5.97 Å². The summed E-state index contributed by atoms with van der Waals surface area (Å²) in [6, 6.07) is 20.4. The van der Waals surface area contributed by atoms with Gasteiger partial charge in [-0.15, -0.1) is 0 Å². The van der Waals surface area contributed by atoms with Crippen LogP contribution in [0.15, 0.2) is 71.2 Å². The summed E-state index contributed by atoms with van der Waals surface area (Å²) in [6.45, 7) is 5.02. The van der Waals surface area contributed by atoms with Crippen molar-refractivity contribution in [3.05, 3.63) is 99.0 Å². The topological polar surface area (TPSA) is 92.8 Å². The van der Waals surface area contributed by atoms with Crippen molar-refractivity contribution >= 4 is 45.3 Å². The molecule has 3 aromatic carbocycles. The van der Waals surface area contributed by atoms with Gasteiger partial charge in [0.15, 0.2) is 6.61 Å². The molecule has 1 heterocycles. The highest BCUT2D eigenvalue weighted by molar-refractivity contribution is 9.10. The summed E-state index contributed by atoms with van der Waals surface area (Å²) in [4.78, 5) is 55.5. The predicted molar refractivity (Wildman–Crippen MR) is 157 cm³/mol. The van der Waals surface area contributed by atoms with Crippen LogP contribution in [-0.4, -0.2) is 41.2 Å². The number of amides is 3. The van der Waals surface area contributed by atoms with Crippen LogP contribution in [0.25, 0.3) is 0 Å². The molecule has 4 aliphatic rings. The Hall–Kier alpha value is -3.78. The fourth-order valence-electron chi connectivity index (χ4n) is 7.04. The van der Waals surface area contributed by atoms with E-state index in [4.69, 9.17) is 4.74 Å². The number of carbonyl (C=O) groups is 4. The molecular formula is C33H31BrN2O5. The van der Waals surface area contributed by atoms with E-state index in [0.29, 0.717) is 12.1 Å². The number of ether oxygens (including phenoxy) is 1. The second-order valence-corrected chi connectivity index (χ2v) is 12.2. The van der Waals surface area contributed by atoms with Crippen LogP contribution in [0.3, 0.4) is 0 Å². The third-order valence-electron chi connectivity index (χ3n) is 8.70. The summed E-state index contributed by atoms with van der Waals surface area (Å²) in [5, 5.41) is 2.80. The van der Waals surface area contributed by atoms with Gasteiger partial charge in [-0.25, -0.2) is 4.79 Å². The number of aryl methyl sites for hydroxylation is 1. The predicted octanol–water partition coefficient (Wildman–Crippen LogP) is 5.41. The number of rotatable bonds is 7. The fraction of sp³-hybridized carbons (Fsp3) is 0.333. The van der Waals surface area contributed by atoms with Crippen molar-refractivity contribution in [2.75, 3.05) is 11.9 Å². The Balaban J connectivity index is 1.25. The van der Waals surface area contributed by atoms with Crippen LogP contribution in [0.1, 0.15) is 60.4 Å². The number of halogens is 1. The third-order valence-corrected chi connectivity index (χ3v) is 9.19. The molecular weight excluding hydrogens is 584 g/mol. The molecule has 0 spiro atoms. The molecule has 7 rings (SSSR count). The van der Waals surface area contributed by atoms with Crippen LogP contribution in [-0.2, 0) is 30.3 Å². The highest BCUT2D eigenvalue weighted by atomic mass is 79.9. The van der Waals surface area contributed by atoms with E-state index in [1.165, 1.54) is 0 Å². The molecule has 1 saturated heterocycles. The van der Waals surface area contributed by atoms with Gasteiger partial charge in [0.2, 0.25) is 11.8 Å². The van der Waals surface area contributed by atoms with Crippen LogP contribution in [0.5, 0.6) is 0 Å². The van der Waals surface area contributed by atoms with E-state index in [-0.39, 0.29) is 23.7 Å². The molecule has 0 aromatic heterocycles. The third kappa shape index (κ3) is 4.40. The summed E-state index contributed by atoms with van der Waals surface area (Å²) < 4.78 is 6.35. The van der Waals surface area contributed by atoms with Crippen molar-refractivity contribution in [2.45, 2.75) is 45.1 Å². The maximum absolute atomic E-state index is 14.1. The lowest BCUT2D eigenvalue weighted by Gasteiger charge is -2.45. The minimum absolute atomic E-state index is 0.257. The first-order valence-electron chi connectivity index (χ1n) is 14.0. The molecule has 3 aromatic rings. The smallest absolute Gasteiger partial charge is 0.330 e. The molecule has 2 bridgehead atoms. The van der Waals surface area contributed by atoms with Crippen LogP contribution in [0.2, 0.25) is 0 Å². The average Bonchev–Trinajstić information content (AvgIpc) is 3.23. The normalized spacial score (nSPS) is 22.7. The van der Waals surface area contributed by atoms with Gasteiger partial charge in [0, 0.05) is 22.0 Å². The van der Waals surface area contributed by atoms with E-state index in [2.05, 4.69) is 21.2 Å². The zero-order valence-electron chi connectivity index (χ0n) is 23.1. The second-order valence-electron chi connectivity index (χ2n) is 11.3. The lowest BCUT2D eigenvalue weighted by atomic mass is 9.55. The Morgan fingerprint density at radius 1 is 0.878 bits per heavy atom. The van der Waals surface area contributed by atoms with Gasteiger partial charge in [-0.1, -0.05) is 85.2 Å². The first-order valence-corrected chi connectivity index (χ1v) is 14.8. The molecule has 41 heavy (non-hydrogen) atoms. The maximum Gasteiger partial charge on any atom is 0.330 e. The Morgan fingerprint density at radius 3 is 1.85 bits per heavy atom. The number of anilines is 1. The first-order chi connectivity index (χ1) is 19.7. The SMILES string of the molecule is CCc1cc(Br)ccc1NC(=O)COC(=O)[C@@H](C(C)C)N1C(=O)[C@@H]2C3c4ccccc4C(c4ccccc43)[C@@H]2C1=O. The lowest BCUT2D eigenvalue weighted by Crippen LogP contribution is -2.49. The van der Waals surface area contributed by atoms with E-state index < -0.39 is 42.3 Å². The molecule has 7 nitrogen and oxygen atoms in total. The van der Waals surface area contributed by atoms with Gasteiger partial charge in [0.05, 0.1) is 11.8 Å². The number of hydrogen-bond acceptors (Lipinski definition) is 5. The molecule has 1 N–H and O–H groups in total. The zero-order valence-corrected chi connectivity index (χ0v) is 24.7. The van der Waals surface area contributed by atoms with Crippen molar-refractivity contribution in [3.8, 4) is 0 Å². The Bertz CT molecular complexity index is 1470. The van der Waals surface area contributed by atoms with Crippen molar-refractivity contribution < 1.29 is 23.9 Å². The molecule has 0 saturated carbocycles. The van der Waals surface area contributed by atoms with Gasteiger partial charge in [-0.05, 0) is 58.4 Å². The molecule has 0 radical (unpaired) electrons. The van der Waals surface area contributed by atoms with Crippen LogP contribution < -0.4 is 5.32 Å². The highest BCUT2D eigenvalue weighted by Gasteiger charge is 2.63. The second kappa shape index (κ2) is 10.6. The lowest BCUT2D eigenvalue weighted by molar-refractivity contribution is -0.162. The zero-order chi connectivity index (χ0) is 29.0. The largest absolute Gasteiger partial charge is 0.454 e. The van der Waals surface area contributed by atoms with Crippen LogP contribution >= 0.6 is 15.9 Å². The first kappa shape index (κ1) is 27.4. The molecule has 210 valence electrons. The van der Waals surface area contributed by atoms with Gasteiger partial charge in [0.1, 0.15) is 6.04 Å². The van der Waals surface area contributed by atoms with Gasteiger partial charge in [0.25, 0.3) is 5.91 Å². The quantitative estimate of drug-likeness (QED) is 0.284. The number of imide groups is 1. The highest BCUT2D eigenvalue weighted by Crippen LogP contribution is 2.61. The van der Waals surface area contributed by atoms with Crippen molar-refractivity contribution in [2.24, 2.45) is 17.8 Å². The van der Waals surface area contributed by atoms with Gasteiger partial charge < -0.3 is 10.1 Å². The summed E-state index contributed by atoms with van der Waals surface area (Å²) in [6.07, 6.45) is 0.710. The van der Waals surface area contributed by atoms with E-state index >= 15 is 0 Å². The molecule has 3 atom stereocenters. The number of carbonyl (C=O) groups excluding carboxylic acids is 4. The van der Waals surface area contributed by atoms with Crippen LogP contribution in [0, 0.1) is 17.8 Å². The van der Waals surface area contributed by atoms with Crippen molar-refractivity contribution in [1.82, 2.24) is 4.90 Å². The van der Waals surface area contributed by atoms with E-state index in [9.17, 15) is 19.2 Å². The summed E-state index contributed by atoms with van der Waals surface area (Å²) in [5.74, 6) is -4.03. The molecule has 1 fully saturated rings. The number of nitrogens with zero attached hydrogens (tertiary/aromatic N) is 1. The minimum Gasteiger partial charge on any atom is -0.454 e. The Kier molecular flexibility index (Phi) is 7.06. The summed E-state index contributed by atoms with van der Waals surface area (Å²) in [5.41, 5.74) is 5.85. The minimum atomic E-state index is -1.13. The van der Waals surface area contributed by atoms with Crippen molar-refractivity contribution in [3.63, 3.8) is 0 Å². The Morgan fingerprint density at radius 2 is 1.39 bits per heavy atom. The summed E-state index contributed by atoms with van der Waals surface area (Å²) >= 11 is 3.43. The fourth-order valence-corrected chi connectivity index (χ4v) is 7.44. The standard InChI is InChI=1S/C33H31BrN2O5/c1-4-18-15-19(34)13-14-24(18)35-25(37)16-41-33(40)30(17(2)3)36-31(38)28-26-20-9-5-6-10-21(20)27(29(28)32(36)39)23-12-8-7-11-22(23)26/h5-15,17,26-30H,4,16H2,1-3H3,(H,35,37)/t26?,27?,28-,29+,30-/m1/s1. The van der Waals surface area contributed by atoms with Gasteiger partial charge in [-0.2, -0.15) is 0 Å². The molecule has 0 unspecified atom stereocenters. The van der Waals surface area contributed by atoms with E-state index in [1.54, 1.807) is 19.9 Å². The number of nitrogens with one attached hydrogen (secondary N) is 1. The molecule has 1 aliphatic heterocycles. The Labute approximate surface area is 247 Å². The molecule has 3 aliphatic carbocycles. The van der Waals surface area contributed by atoms with E-state index in [0.717, 1.165) is 37.2 Å².